The highest BCUT2D eigenvalue weighted by Gasteiger charge is 2.31. The third kappa shape index (κ3) is 4.32. The fraction of sp³-hybridized carbons (Fsp3) is 0.652. The van der Waals surface area contributed by atoms with Gasteiger partial charge in [0.05, 0.1) is 18.7 Å². The summed E-state index contributed by atoms with van der Waals surface area (Å²) < 4.78 is 6.09. The van der Waals surface area contributed by atoms with Crippen LogP contribution in [0.4, 0.5) is 0 Å². The van der Waals surface area contributed by atoms with E-state index < -0.39 is 0 Å². The van der Waals surface area contributed by atoms with E-state index >= 15 is 0 Å². The summed E-state index contributed by atoms with van der Waals surface area (Å²) in [5, 5.41) is 5.97. The largest absolute Gasteiger partial charge is 0.493 e. The lowest BCUT2D eigenvalue weighted by Gasteiger charge is -2.36. The summed E-state index contributed by atoms with van der Waals surface area (Å²) in [6, 6.07) is 4.35. The van der Waals surface area contributed by atoms with Gasteiger partial charge in [0.25, 0.3) is 0 Å². The van der Waals surface area contributed by atoms with Crippen LogP contribution >= 0.6 is 0 Å². The molecule has 3 aliphatic rings. The van der Waals surface area contributed by atoms with E-state index in [9.17, 15) is 9.59 Å². The van der Waals surface area contributed by atoms with E-state index in [1.54, 1.807) is 0 Å². The SMILES string of the molecule is CCC1C(=O)NCCN1Cc1cc2c(c(CN3CCNC(=O)C3CC)c1)OCCC2. The Hall–Kier alpha value is -2.12. The number of carbonyl (C=O) groups excluding carboxylic acids is 2. The second kappa shape index (κ2) is 9.35. The van der Waals surface area contributed by atoms with Crippen LogP contribution in [0.25, 0.3) is 0 Å². The monoisotopic (exact) mass is 414 g/mol. The summed E-state index contributed by atoms with van der Waals surface area (Å²) in [4.78, 5) is 29.2. The number of ether oxygens (including phenoxy) is 1. The van der Waals surface area contributed by atoms with Crippen LogP contribution in [-0.2, 0) is 29.1 Å². The van der Waals surface area contributed by atoms with Gasteiger partial charge >= 0.3 is 0 Å². The smallest absolute Gasteiger partial charge is 0.237 e. The van der Waals surface area contributed by atoms with Gasteiger partial charge in [0, 0.05) is 44.8 Å². The van der Waals surface area contributed by atoms with Crippen LogP contribution in [0.2, 0.25) is 0 Å². The van der Waals surface area contributed by atoms with Crippen molar-refractivity contribution in [3.8, 4) is 5.75 Å². The number of fused-ring (bicyclic) bond motifs is 1. The fourth-order valence-corrected chi connectivity index (χ4v) is 5.09. The second-order valence-corrected chi connectivity index (χ2v) is 8.57. The quantitative estimate of drug-likeness (QED) is 0.737. The molecule has 1 aromatic rings. The van der Waals surface area contributed by atoms with E-state index in [4.69, 9.17) is 4.74 Å². The molecular weight excluding hydrogens is 380 g/mol. The standard InChI is InChI=1S/C23H34N4O3/c1-3-19-22(28)24-7-9-26(19)14-16-12-17-6-5-11-30-21(17)18(13-16)15-27-10-8-25-23(29)20(27)4-2/h12-13,19-20H,3-11,14-15H2,1-2H3,(H,24,28)(H,25,29). The van der Waals surface area contributed by atoms with E-state index in [1.807, 2.05) is 0 Å². The van der Waals surface area contributed by atoms with Gasteiger partial charge in [-0.2, -0.15) is 0 Å². The Morgan fingerprint density at radius 1 is 0.967 bits per heavy atom. The molecule has 7 heteroatoms. The number of hydrogen-bond donors (Lipinski definition) is 2. The number of amides is 2. The molecule has 3 aliphatic heterocycles. The first kappa shape index (κ1) is 21.1. The highest BCUT2D eigenvalue weighted by Crippen LogP contribution is 2.33. The molecule has 4 rings (SSSR count). The molecule has 0 radical (unpaired) electrons. The summed E-state index contributed by atoms with van der Waals surface area (Å²) in [6.07, 6.45) is 3.66. The molecule has 2 N–H and O–H groups in total. The van der Waals surface area contributed by atoms with Gasteiger partial charge in [-0.3, -0.25) is 19.4 Å². The molecule has 2 amide bonds. The lowest BCUT2D eigenvalue weighted by atomic mass is 9.96. The van der Waals surface area contributed by atoms with Crippen LogP contribution in [0.5, 0.6) is 5.75 Å². The number of nitrogens with one attached hydrogen (secondary N) is 2. The summed E-state index contributed by atoms with van der Waals surface area (Å²) in [6.45, 7) is 9.50. The number of hydrogen-bond acceptors (Lipinski definition) is 5. The van der Waals surface area contributed by atoms with Crippen LogP contribution in [0, 0.1) is 0 Å². The maximum atomic E-state index is 12.3. The number of rotatable bonds is 6. The normalized spacial score (nSPS) is 25.3. The van der Waals surface area contributed by atoms with Crippen molar-refractivity contribution in [2.45, 2.75) is 64.7 Å². The van der Waals surface area contributed by atoms with Crippen molar-refractivity contribution >= 4 is 11.8 Å². The van der Waals surface area contributed by atoms with Crippen molar-refractivity contribution < 1.29 is 14.3 Å². The average molecular weight is 415 g/mol. The zero-order chi connectivity index (χ0) is 21.1. The van der Waals surface area contributed by atoms with Gasteiger partial charge < -0.3 is 15.4 Å². The molecule has 0 aliphatic carbocycles. The van der Waals surface area contributed by atoms with Crippen LogP contribution in [-0.4, -0.2) is 66.5 Å². The van der Waals surface area contributed by atoms with Crippen LogP contribution in [0.3, 0.4) is 0 Å². The molecule has 2 fully saturated rings. The number of nitrogens with zero attached hydrogens (tertiary/aromatic N) is 2. The van der Waals surface area contributed by atoms with E-state index in [1.165, 1.54) is 16.7 Å². The van der Waals surface area contributed by atoms with Gasteiger partial charge in [-0.1, -0.05) is 19.9 Å². The van der Waals surface area contributed by atoms with Gasteiger partial charge in [0.15, 0.2) is 0 Å². The minimum Gasteiger partial charge on any atom is -0.493 e. The Kier molecular flexibility index (Phi) is 6.58. The van der Waals surface area contributed by atoms with Crippen molar-refractivity contribution in [1.29, 1.82) is 0 Å². The van der Waals surface area contributed by atoms with Crippen LogP contribution in [0.1, 0.15) is 49.8 Å². The molecule has 3 heterocycles. The summed E-state index contributed by atoms with van der Waals surface area (Å²) in [5.41, 5.74) is 3.67. The van der Waals surface area contributed by atoms with Gasteiger partial charge in [-0.25, -0.2) is 0 Å². The molecule has 164 valence electrons. The van der Waals surface area contributed by atoms with Crippen LogP contribution in [0.15, 0.2) is 12.1 Å². The molecule has 1 aromatic carbocycles. The van der Waals surface area contributed by atoms with Gasteiger partial charge in [0.1, 0.15) is 5.75 Å². The maximum Gasteiger partial charge on any atom is 0.237 e. The minimum absolute atomic E-state index is 0.0651. The number of carbonyl (C=O) groups is 2. The summed E-state index contributed by atoms with van der Waals surface area (Å²) in [5.74, 6) is 1.27. The Morgan fingerprint density at radius 2 is 1.60 bits per heavy atom. The maximum absolute atomic E-state index is 12.3. The predicted molar refractivity (Wildman–Crippen MR) is 115 cm³/mol. The Balaban J connectivity index is 1.60. The summed E-state index contributed by atoms with van der Waals surface area (Å²) >= 11 is 0. The van der Waals surface area contributed by atoms with Gasteiger partial charge in [0.2, 0.25) is 11.8 Å². The summed E-state index contributed by atoms with van der Waals surface area (Å²) in [7, 11) is 0. The topological polar surface area (TPSA) is 73.9 Å². The van der Waals surface area contributed by atoms with E-state index in [-0.39, 0.29) is 23.9 Å². The molecule has 0 bridgehead atoms. The third-order valence-corrected chi connectivity index (χ3v) is 6.56. The Morgan fingerprint density at radius 3 is 2.23 bits per heavy atom. The van der Waals surface area contributed by atoms with E-state index in [0.29, 0.717) is 13.1 Å². The van der Waals surface area contributed by atoms with Crippen molar-refractivity contribution in [3.63, 3.8) is 0 Å². The average Bonchev–Trinajstić information content (AvgIpc) is 2.74. The van der Waals surface area contributed by atoms with Crippen molar-refractivity contribution in [1.82, 2.24) is 20.4 Å². The molecule has 30 heavy (non-hydrogen) atoms. The molecule has 2 unspecified atom stereocenters. The van der Waals surface area contributed by atoms with Crippen molar-refractivity contribution in [2.24, 2.45) is 0 Å². The van der Waals surface area contributed by atoms with Gasteiger partial charge in [-0.15, -0.1) is 0 Å². The molecular formula is C23H34N4O3. The molecule has 7 nitrogen and oxygen atoms in total. The first-order chi connectivity index (χ1) is 14.6. The molecule has 0 spiro atoms. The zero-order valence-corrected chi connectivity index (χ0v) is 18.2. The molecule has 2 atom stereocenters. The highest BCUT2D eigenvalue weighted by molar-refractivity contribution is 5.82. The van der Waals surface area contributed by atoms with Crippen LogP contribution < -0.4 is 15.4 Å². The number of aryl methyl sites for hydroxylation is 1. The highest BCUT2D eigenvalue weighted by atomic mass is 16.5. The zero-order valence-electron chi connectivity index (χ0n) is 18.2. The third-order valence-electron chi connectivity index (χ3n) is 6.56. The van der Waals surface area contributed by atoms with E-state index in [0.717, 1.165) is 64.2 Å². The first-order valence-corrected chi connectivity index (χ1v) is 11.4. The molecule has 2 saturated heterocycles. The van der Waals surface area contributed by atoms with E-state index in [2.05, 4.69) is 46.4 Å². The predicted octanol–water partition coefficient (Wildman–Crippen LogP) is 1.43. The Labute approximate surface area is 179 Å². The minimum atomic E-state index is -0.0862. The fourth-order valence-electron chi connectivity index (χ4n) is 5.09. The number of piperazine rings is 2. The molecule has 0 saturated carbocycles. The second-order valence-electron chi connectivity index (χ2n) is 8.57. The lowest BCUT2D eigenvalue weighted by Crippen LogP contribution is -2.54. The van der Waals surface area contributed by atoms with Gasteiger partial charge in [-0.05, 0) is 42.9 Å². The molecule has 0 aromatic heterocycles. The number of benzene rings is 1. The first-order valence-electron chi connectivity index (χ1n) is 11.4. The van der Waals surface area contributed by atoms with Crippen molar-refractivity contribution in [2.75, 3.05) is 32.8 Å². The Bertz CT molecular complexity index is 797. The lowest BCUT2D eigenvalue weighted by molar-refractivity contribution is -0.130. The van der Waals surface area contributed by atoms with Crippen molar-refractivity contribution in [3.05, 3.63) is 28.8 Å².